The summed E-state index contributed by atoms with van der Waals surface area (Å²) in [6.45, 7) is 2.27. The molecule has 130 valence electrons. The fraction of sp³-hybridized carbons (Fsp3) is 0.950. The van der Waals surface area contributed by atoms with Crippen LogP contribution < -0.4 is 0 Å². The van der Waals surface area contributed by atoms with Crippen molar-refractivity contribution in [3.05, 3.63) is 0 Å². The van der Waals surface area contributed by atoms with Gasteiger partial charge in [0, 0.05) is 6.42 Å². The van der Waals surface area contributed by atoms with E-state index in [9.17, 15) is 4.79 Å². The van der Waals surface area contributed by atoms with E-state index in [1.54, 1.807) is 0 Å². The van der Waals surface area contributed by atoms with Crippen molar-refractivity contribution in [3.8, 4) is 0 Å². The summed E-state index contributed by atoms with van der Waals surface area (Å²) in [5.41, 5.74) is 0. The molecule has 0 heterocycles. The molecule has 1 saturated carbocycles. The van der Waals surface area contributed by atoms with Gasteiger partial charge in [-0.2, -0.15) is 0 Å². The summed E-state index contributed by atoms with van der Waals surface area (Å²) in [6.07, 6.45) is 20.6. The highest BCUT2D eigenvalue weighted by molar-refractivity contribution is 5.66. The van der Waals surface area contributed by atoms with E-state index in [0.29, 0.717) is 12.3 Å². The molecule has 0 saturated heterocycles. The van der Waals surface area contributed by atoms with Crippen LogP contribution in [0.3, 0.4) is 0 Å². The first-order valence-corrected chi connectivity index (χ1v) is 9.95. The third kappa shape index (κ3) is 11.1. The summed E-state index contributed by atoms with van der Waals surface area (Å²) >= 11 is 0. The molecule has 0 radical (unpaired) electrons. The normalized spacial score (nSPS) is 15.9. The highest BCUT2D eigenvalue weighted by atomic mass is 16.4. The molecule has 0 aromatic carbocycles. The molecule has 22 heavy (non-hydrogen) atoms. The Kier molecular flexibility index (Phi) is 11.5. The average molecular weight is 311 g/mol. The molecule has 0 bridgehead atoms. The predicted octanol–water partition coefficient (Wildman–Crippen LogP) is 6.58. The highest BCUT2D eigenvalue weighted by Gasteiger charge is 2.30. The molecule has 1 atom stereocenters. The topological polar surface area (TPSA) is 37.3 Å². The smallest absolute Gasteiger partial charge is 0.303 e. The number of hydrogen-bond acceptors (Lipinski definition) is 1. The van der Waals surface area contributed by atoms with Gasteiger partial charge in [0.15, 0.2) is 0 Å². The zero-order valence-corrected chi connectivity index (χ0v) is 14.8. The average Bonchev–Trinajstić information content (AvgIpc) is 3.32. The summed E-state index contributed by atoms with van der Waals surface area (Å²) < 4.78 is 0. The van der Waals surface area contributed by atoms with Crippen molar-refractivity contribution in [2.24, 2.45) is 11.8 Å². The molecule has 0 aromatic heterocycles. The van der Waals surface area contributed by atoms with E-state index in [0.717, 1.165) is 12.3 Å². The van der Waals surface area contributed by atoms with Crippen LogP contribution in [-0.4, -0.2) is 11.1 Å². The second-order valence-corrected chi connectivity index (χ2v) is 7.35. The van der Waals surface area contributed by atoms with Crippen molar-refractivity contribution in [1.82, 2.24) is 0 Å². The van der Waals surface area contributed by atoms with Crippen molar-refractivity contribution in [3.63, 3.8) is 0 Å². The number of rotatable bonds is 16. The lowest BCUT2D eigenvalue weighted by atomic mass is 9.91. The van der Waals surface area contributed by atoms with Crippen molar-refractivity contribution in [2.75, 3.05) is 0 Å². The van der Waals surface area contributed by atoms with Crippen LogP contribution in [0.2, 0.25) is 0 Å². The van der Waals surface area contributed by atoms with Gasteiger partial charge in [-0.1, -0.05) is 84.0 Å². The molecule has 0 spiro atoms. The Balaban J connectivity index is 1.86. The number of carboxylic acids is 1. The first-order valence-electron chi connectivity index (χ1n) is 9.95. The molecule has 2 nitrogen and oxygen atoms in total. The molecule has 1 unspecified atom stereocenters. The van der Waals surface area contributed by atoms with Gasteiger partial charge in [-0.3, -0.25) is 4.79 Å². The first kappa shape index (κ1) is 19.5. The van der Waals surface area contributed by atoms with Crippen molar-refractivity contribution in [1.29, 1.82) is 0 Å². The Morgan fingerprint density at radius 2 is 1.36 bits per heavy atom. The van der Waals surface area contributed by atoms with Crippen LogP contribution in [0.1, 0.15) is 110 Å². The summed E-state index contributed by atoms with van der Waals surface area (Å²) in [6, 6.07) is 0. The zero-order valence-electron chi connectivity index (χ0n) is 14.8. The van der Waals surface area contributed by atoms with Crippen molar-refractivity contribution >= 4 is 5.97 Å². The van der Waals surface area contributed by atoms with E-state index >= 15 is 0 Å². The molecule has 1 rings (SSSR count). The van der Waals surface area contributed by atoms with Crippen molar-refractivity contribution < 1.29 is 9.90 Å². The molecule has 2 heteroatoms. The Labute approximate surface area is 138 Å². The zero-order chi connectivity index (χ0) is 16.0. The van der Waals surface area contributed by atoms with E-state index in [4.69, 9.17) is 5.11 Å². The van der Waals surface area contributed by atoms with Crippen LogP contribution in [-0.2, 0) is 4.79 Å². The van der Waals surface area contributed by atoms with Gasteiger partial charge in [0.05, 0.1) is 0 Å². The Hall–Kier alpha value is -0.530. The van der Waals surface area contributed by atoms with Crippen LogP contribution in [0.15, 0.2) is 0 Å². The summed E-state index contributed by atoms with van der Waals surface area (Å²) in [7, 11) is 0. The quantitative estimate of drug-likeness (QED) is 0.327. The largest absolute Gasteiger partial charge is 0.481 e. The molecule has 0 aliphatic heterocycles. The number of carboxylic acid groups (broad SMARTS) is 1. The third-order valence-corrected chi connectivity index (χ3v) is 5.20. The van der Waals surface area contributed by atoms with Crippen LogP contribution in [0, 0.1) is 11.8 Å². The number of unbranched alkanes of at least 4 members (excludes halogenated alkanes) is 10. The lowest BCUT2D eigenvalue weighted by Gasteiger charge is -2.14. The summed E-state index contributed by atoms with van der Waals surface area (Å²) in [5, 5.41) is 8.82. The van der Waals surface area contributed by atoms with Crippen LogP contribution in [0.5, 0.6) is 0 Å². The van der Waals surface area contributed by atoms with E-state index < -0.39 is 5.97 Å². The SMILES string of the molecule is CCCCCCCCCCCCCC(CCC(=O)O)C1CC1. The lowest BCUT2D eigenvalue weighted by Crippen LogP contribution is -2.06. The van der Waals surface area contributed by atoms with Gasteiger partial charge < -0.3 is 5.11 Å². The molecule has 0 amide bonds. The van der Waals surface area contributed by atoms with Crippen LogP contribution in [0.4, 0.5) is 0 Å². The predicted molar refractivity (Wildman–Crippen MR) is 94.2 cm³/mol. The van der Waals surface area contributed by atoms with Gasteiger partial charge in [0.1, 0.15) is 0 Å². The molecule has 0 aromatic rings. The Morgan fingerprint density at radius 3 is 1.82 bits per heavy atom. The number of hydrogen-bond donors (Lipinski definition) is 1. The summed E-state index contributed by atoms with van der Waals surface area (Å²) in [4.78, 5) is 10.7. The summed E-state index contributed by atoms with van der Waals surface area (Å²) in [5.74, 6) is 0.946. The molecule has 1 fully saturated rings. The monoisotopic (exact) mass is 310 g/mol. The maximum atomic E-state index is 10.7. The minimum atomic E-state index is -0.621. The van der Waals surface area contributed by atoms with E-state index in [1.807, 2.05) is 0 Å². The highest BCUT2D eigenvalue weighted by Crippen LogP contribution is 2.41. The Bertz CT molecular complexity index is 271. The minimum absolute atomic E-state index is 0.374. The molecule has 1 aliphatic carbocycles. The van der Waals surface area contributed by atoms with Gasteiger partial charge in [-0.25, -0.2) is 0 Å². The molecular formula is C20H38O2. The number of aliphatic carboxylic acids is 1. The molecular weight excluding hydrogens is 272 g/mol. The third-order valence-electron chi connectivity index (χ3n) is 5.20. The van der Waals surface area contributed by atoms with Crippen LogP contribution in [0.25, 0.3) is 0 Å². The molecule has 1 N–H and O–H groups in total. The maximum Gasteiger partial charge on any atom is 0.303 e. The van der Waals surface area contributed by atoms with Gasteiger partial charge in [0.2, 0.25) is 0 Å². The van der Waals surface area contributed by atoms with E-state index in [2.05, 4.69) is 6.92 Å². The first-order chi connectivity index (χ1) is 10.7. The fourth-order valence-electron chi connectivity index (χ4n) is 3.56. The van der Waals surface area contributed by atoms with Crippen molar-refractivity contribution in [2.45, 2.75) is 110 Å². The van der Waals surface area contributed by atoms with Gasteiger partial charge in [-0.15, -0.1) is 0 Å². The van der Waals surface area contributed by atoms with E-state index in [1.165, 1.54) is 89.9 Å². The van der Waals surface area contributed by atoms with Gasteiger partial charge in [0.25, 0.3) is 0 Å². The van der Waals surface area contributed by atoms with Gasteiger partial charge >= 0.3 is 5.97 Å². The van der Waals surface area contributed by atoms with Gasteiger partial charge in [-0.05, 0) is 31.1 Å². The second kappa shape index (κ2) is 13.0. The standard InChI is InChI=1S/C20H38O2/c1-2-3-4-5-6-7-8-9-10-11-12-13-18(19-14-15-19)16-17-20(21)22/h18-19H,2-17H2,1H3,(H,21,22). The van der Waals surface area contributed by atoms with E-state index in [-0.39, 0.29) is 0 Å². The second-order valence-electron chi connectivity index (χ2n) is 7.35. The maximum absolute atomic E-state index is 10.7. The minimum Gasteiger partial charge on any atom is -0.481 e. The molecule has 1 aliphatic rings. The number of carbonyl (C=O) groups is 1. The van der Waals surface area contributed by atoms with Crippen LogP contribution >= 0.6 is 0 Å². The fourth-order valence-corrected chi connectivity index (χ4v) is 3.56. The Morgan fingerprint density at radius 1 is 0.864 bits per heavy atom. The lowest BCUT2D eigenvalue weighted by molar-refractivity contribution is -0.137.